The Kier molecular flexibility index (Phi) is 6.22. The van der Waals surface area contributed by atoms with E-state index in [9.17, 15) is 13.2 Å². The summed E-state index contributed by atoms with van der Waals surface area (Å²) in [5, 5.41) is 3.09. The van der Waals surface area contributed by atoms with Crippen molar-refractivity contribution in [3.05, 3.63) is 0 Å². The normalized spacial score (nSPS) is 16.8. The van der Waals surface area contributed by atoms with Gasteiger partial charge >= 0.3 is 6.18 Å². The van der Waals surface area contributed by atoms with E-state index in [0.717, 1.165) is 12.8 Å². The van der Waals surface area contributed by atoms with Gasteiger partial charge in [0.25, 0.3) is 0 Å². The molecule has 0 bridgehead atoms. The second-order valence-corrected chi connectivity index (χ2v) is 4.26. The summed E-state index contributed by atoms with van der Waals surface area (Å²) < 4.78 is 42.0. The van der Waals surface area contributed by atoms with Gasteiger partial charge in [0, 0.05) is 32.3 Å². The highest BCUT2D eigenvalue weighted by Gasteiger charge is 2.37. The average Bonchev–Trinajstić information content (AvgIpc) is 3.03. The number of nitrogens with one attached hydrogen (secondary N) is 1. The van der Waals surface area contributed by atoms with Gasteiger partial charge in [0.15, 0.2) is 0 Å². The fourth-order valence-electron chi connectivity index (χ4n) is 1.70. The molecule has 1 saturated carbocycles. The summed E-state index contributed by atoms with van der Waals surface area (Å²) in [6, 6.07) is 0.144. The highest BCUT2D eigenvalue weighted by atomic mass is 19.4. The van der Waals surface area contributed by atoms with Crippen LogP contribution in [0.3, 0.4) is 0 Å². The van der Waals surface area contributed by atoms with Gasteiger partial charge in [-0.25, -0.2) is 0 Å². The molecule has 0 aliphatic heterocycles. The van der Waals surface area contributed by atoms with Crippen LogP contribution in [-0.4, -0.2) is 56.5 Å². The van der Waals surface area contributed by atoms with E-state index in [1.807, 2.05) is 6.92 Å². The van der Waals surface area contributed by atoms with E-state index in [2.05, 4.69) is 5.32 Å². The van der Waals surface area contributed by atoms with Gasteiger partial charge in [-0.2, -0.15) is 13.2 Å². The molecule has 0 spiro atoms. The third kappa shape index (κ3) is 7.57. The lowest BCUT2D eigenvalue weighted by atomic mass is 10.4. The number of alkyl halides is 3. The molecule has 1 aliphatic carbocycles. The monoisotopic (exact) mass is 254 g/mol. The molecule has 1 aliphatic rings. The molecule has 0 heterocycles. The van der Waals surface area contributed by atoms with Crippen LogP contribution in [0.4, 0.5) is 13.2 Å². The molecule has 102 valence electrons. The van der Waals surface area contributed by atoms with Crippen LogP contribution in [0, 0.1) is 0 Å². The highest BCUT2D eigenvalue weighted by molar-refractivity contribution is 4.85. The van der Waals surface area contributed by atoms with Gasteiger partial charge in [0.2, 0.25) is 0 Å². The summed E-state index contributed by atoms with van der Waals surface area (Å²) in [5.74, 6) is 0. The van der Waals surface area contributed by atoms with Crippen molar-refractivity contribution < 1.29 is 17.9 Å². The van der Waals surface area contributed by atoms with E-state index < -0.39 is 12.7 Å². The summed E-state index contributed by atoms with van der Waals surface area (Å²) >= 11 is 0. The lowest BCUT2D eigenvalue weighted by molar-refractivity contribution is -0.147. The predicted octanol–water partition coefficient (Wildman–Crippen LogP) is 1.64. The summed E-state index contributed by atoms with van der Waals surface area (Å²) in [4.78, 5) is 1.52. The van der Waals surface area contributed by atoms with Crippen LogP contribution < -0.4 is 5.32 Å². The van der Waals surface area contributed by atoms with E-state index in [-0.39, 0.29) is 6.04 Å². The summed E-state index contributed by atoms with van der Waals surface area (Å²) in [7, 11) is 0. The first kappa shape index (κ1) is 14.7. The maximum Gasteiger partial charge on any atom is 0.401 e. The highest BCUT2D eigenvalue weighted by Crippen LogP contribution is 2.29. The first-order valence-corrected chi connectivity index (χ1v) is 6.12. The molecular formula is C11H21F3N2O. The van der Waals surface area contributed by atoms with E-state index >= 15 is 0 Å². The van der Waals surface area contributed by atoms with Gasteiger partial charge in [-0.15, -0.1) is 0 Å². The molecule has 0 aromatic rings. The molecule has 0 atom stereocenters. The molecule has 0 aromatic carbocycles. The third-order valence-electron chi connectivity index (χ3n) is 2.65. The minimum atomic E-state index is -4.09. The third-order valence-corrected chi connectivity index (χ3v) is 2.65. The van der Waals surface area contributed by atoms with Gasteiger partial charge < -0.3 is 10.1 Å². The van der Waals surface area contributed by atoms with Crippen molar-refractivity contribution in [2.45, 2.75) is 32.0 Å². The Morgan fingerprint density at radius 3 is 2.53 bits per heavy atom. The smallest absolute Gasteiger partial charge is 0.380 e. The fraction of sp³-hybridized carbons (Fsp3) is 1.00. The van der Waals surface area contributed by atoms with Crippen molar-refractivity contribution >= 4 is 0 Å². The van der Waals surface area contributed by atoms with Crippen LogP contribution in [0.15, 0.2) is 0 Å². The van der Waals surface area contributed by atoms with Gasteiger partial charge in [-0.05, 0) is 19.8 Å². The summed E-state index contributed by atoms with van der Waals surface area (Å²) in [6.45, 7) is 4.14. The molecule has 1 fully saturated rings. The van der Waals surface area contributed by atoms with E-state index in [1.165, 1.54) is 4.90 Å². The van der Waals surface area contributed by atoms with Gasteiger partial charge in [-0.3, -0.25) is 4.90 Å². The van der Waals surface area contributed by atoms with Crippen LogP contribution >= 0.6 is 0 Å². The van der Waals surface area contributed by atoms with Crippen LogP contribution in [0.1, 0.15) is 19.8 Å². The van der Waals surface area contributed by atoms with E-state index in [1.54, 1.807) is 0 Å². The maximum atomic E-state index is 12.3. The topological polar surface area (TPSA) is 24.5 Å². The Balaban J connectivity index is 2.08. The first-order valence-electron chi connectivity index (χ1n) is 6.12. The second kappa shape index (κ2) is 7.18. The molecule has 17 heavy (non-hydrogen) atoms. The second-order valence-electron chi connectivity index (χ2n) is 4.26. The molecule has 0 aromatic heterocycles. The minimum Gasteiger partial charge on any atom is -0.380 e. The van der Waals surface area contributed by atoms with Crippen molar-refractivity contribution in [1.82, 2.24) is 10.2 Å². The van der Waals surface area contributed by atoms with Crippen molar-refractivity contribution in [2.24, 2.45) is 0 Å². The maximum absolute atomic E-state index is 12.3. The fourth-order valence-corrected chi connectivity index (χ4v) is 1.70. The average molecular weight is 254 g/mol. The van der Waals surface area contributed by atoms with Crippen LogP contribution in [-0.2, 0) is 4.74 Å². The summed E-state index contributed by atoms with van der Waals surface area (Å²) in [5.41, 5.74) is 0. The zero-order chi connectivity index (χ0) is 12.7. The number of hydrogen-bond acceptors (Lipinski definition) is 3. The summed E-state index contributed by atoms with van der Waals surface area (Å²) in [6.07, 6.45) is -2.29. The number of halogens is 3. The SMILES string of the molecule is CCOCCNCCN(CC(F)(F)F)C1CC1. The number of hydrogen-bond donors (Lipinski definition) is 1. The van der Waals surface area contributed by atoms with E-state index in [4.69, 9.17) is 4.74 Å². The largest absolute Gasteiger partial charge is 0.401 e. The molecule has 0 amide bonds. The molecular weight excluding hydrogens is 233 g/mol. The quantitative estimate of drug-likeness (QED) is 0.633. The zero-order valence-electron chi connectivity index (χ0n) is 10.2. The Bertz CT molecular complexity index is 207. The lowest BCUT2D eigenvalue weighted by Crippen LogP contribution is -2.40. The Hall–Kier alpha value is -0.330. The minimum absolute atomic E-state index is 0.144. The molecule has 0 radical (unpaired) electrons. The molecule has 1 rings (SSSR count). The van der Waals surface area contributed by atoms with Crippen molar-refractivity contribution in [2.75, 3.05) is 39.4 Å². The molecule has 0 unspecified atom stereocenters. The van der Waals surface area contributed by atoms with Crippen LogP contribution in [0.2, 0.25) is 0 Å². The van der Waals surface area contributed by atoms with Crippen molar-refractivity contribution in [1.29, 1.82) is 0 Å². The van der Waals surface area contributed by atoms with Crippen molar-refractivity contribution in [3.63, 3.8) is 0 Å². The molecule has 3 nitrogen and oxygen atoms in total. The Labute approximate surface area is 100 Å². The predicted molar refractivity (Wildman–Crippen MR) is 60.0 cm³/mol. The zero-order valence-corrected chi connectivity index (χ0v) is 10.2. The lowest BCUT2D eigenvalue weighted by Gasteiger charge is -2.23. The Morgan fingerprint density at radius 1 is 1.29 bits per heavy atom. The number of ether oxygens (including phenoxy) is 1. The van der Waals surface area contributed by atoms with Gasteiger partial charge in [-0.1, -0.05) is 0 Å². The van der Waals surface area contributed by atoms with Gasteiger partial charge in [0.05, 0.1) is 13.2 Å². The molecule has 1 N–H and O–H groups in total. The number of nitrogens with zero attached hydrogens (tertiary/aromatic N) is 1. The van der Waals surface area contributed by atoms with E-state index in [0.29, 0.717) is 32.8 Å². The Morgan fingerprint density at radius 2 is 2.00 bits per heavy atom. The molecule has 0 saturated heterocycles. The van der Waals surface area contributed by atoms with Crippen molar-refractivity contribution in [3.8, 4) is 0 Å². The van der Waals surface area contributed by atoms with Gasteiger partial charge in [0.1, 0.15) is 0 Å². The number of rotatable bonds is 9. The standard InChI is InChI=1S/C11H21F3N2O/c1-2-17-8-6-15-5-7-16(10-3-4-10)9-11(12,13)14/h10,15H,2-9H2,1H3. The van der Waals surface area contributed by atoms with Crippen LogP contribution in [0.25, 0.3) is 0 Å². The molecule has 6 heteroatoms. The first-order chi connectivity index (χ1) is 8.03. The van der Waals surface area contributed by atoms with Crippen LogP contribution in [0.5, 0.6) is 0 Å².